The number of para-hydroxylation sites is 1. The van der Waals surface area contributed by atoms with E-state index < -0.39 is 4.92 Å². The van der Waals surface area contributed by atoms with Gasteiger partial charge in [0, 0.05) is 39.3 Å². The van der Waals surface area contributed by atoms with Crippen molar-refractivity contribution in [1.82, 2.24) is 9.80 Å². The lowest BCUT2D eigenvalue weighted by molar-refractivity contribution is -0.384. The van der Waals surface area contributed by atoms with Crippen LogP contribution in [0.15, 0.2) is 18.2 Å². The van der Waals surface area contributed by atoms with E-state index in [-0.39, 0.29) is 17.3 Å². The normalized spacial score (nSPS) is 16.0. The fraction of sp³-hybridized carbons (Fsp3) is 0.462. The van der Waals surface area contributed by atoms with E-state index in [0.29, 0.717) is 18.7 Å². The fourth-order valence-corrected chi connectivity index (χ4v) is 2.31. The van der Waals surface area contributed by atoms with Crippen molar-refractivity contribution in [2.45, 2.75) is 0 Å². The highest BCUT2D eigenvalue weighted by molar-refractivity contribution is 6.01. The Balaban J connectivity index is 2.30. The number of likely N-dealkylation sites (N-methyl/N-ethyl adjacent to an activating group) is 1. The lowest BCUT2D eigenvalue weighted by Crippen LogP contribution is -2.47. The molecule has 0 spiro atoms. The highest BCUT2D eigenvalue weighted by Gasteiger charge is 2.26. The SMILES string of the molecule is CNc1c(C(=O)N2CCN(C)CC2)cccc1[N+](=O)[O-]. The molecule has 1 aliphatic rings. The lowest BCUT2D eigenvalue weighted by Gasteiger charge is -2.32. The molecule has 0 aromatic heterocycles. The predicted octanol–water partition coefficient (Wildman–Crippen LogP) is 1.02. The Morgan fingerprint density at radius 2 is 1.95 bits per heavy atom. The van der Waals surface area contributed by atoms with E-state index in [4.69, 9.17) is 0 Å². The van der Waals surface area contributed by atoms with Gasteiger partial charge in [0.25, 0.3) is 11.6 Å². The molecule has 1 aromatic carbocycles. The predicted molar refractivity (Wildman–Crippen MR) is 76.0 cm³/mol. The van der Waals surface area contributed by atoms with Gasteiger partial charge in [0.05, 0.1) is 10.5 Å². The van der Waals surface area contributed by atoms with Crippen molar-refractivity contribution < 1.29 is 9.72 Å². The summed E-state index contributed by atoms with van der Waals surface area (Å²) in [5.41, 5.74) is 0.556. The zero-order chi connectivity index (χ0) is 14.7. The number of piperazine rings is 1. The summed E-state index contributed by atoms with van der Waals surface area (Å²) in [7, 11) is 3.59. The molecular formula is C13H18N4O3. The number of anilines is 1. The second-order valence-corrected chi connectivity index (χ2v) is 4.80. The molecule has 108 valence electrons. The molecule has 1 saturated heterocycles. The molecule has 0 atom stereocenters. The van der Waals surface area contributed by atoms with Gasteiger partial charge >= 0.3 is 0 Å². The number of nitro groups is 1. The summed E-state index contributed by atoms with van der Waals surface area (Å²) < 4.78 is 0. The van der Waals surface area contributed by atoms with Gasteiger partial charge in [-0.1, -0.05) is 6.07 Å². The molecule has 0 unspecified atom stereocenters. The van der Waals surface area contributed by atoms with Gasteiger partial charge in [-0.15, -0.1) is 0 Å². The molecule has 1 amide bonds. The van der Waals surface area contributed by atoms with Crippen LogP contribution < -0.4 is 5.32 Å². The number of hydrogen-bond donors (Lipinski definition) is 1. The van der Waals surface area contributed by atoms with Crippen molar-refractivity contribution in [2.24, 2.45) is 0 Å². The molecule has 0 saturated carbocycles. The number of benzene rings is 1. The Kier molecular flexibility index (Phi) is 4.19. The molecule has 0 bridgehead atoms. The second kappa shape index (κ2) is 5.87. The van der Waals surface area contributed by atoms with Crippen LogP contribution in [0, 0.1) is 10.1 Å². The first-order chi connectivity index (χ1) is 9.54. The van der Waals surface area contributed by atoms with E-state index in [0.717, 1.165) is 13.1 Å². The summed E-state index contributed by atoms with van der Waals surface area (Å²) in [5, 5.41) is 13.8. The van der Waals surface area contributed by atoms with Crippen molar-refractivity contribution in [3.8, 4) is 0 Å². The average molecular weight is 278 g/mol. The monoisotopic (exact) mass is 278 g/mol. The number of carbonyl (C=O) groups excluding carboxylic acids is 1. The maximum atomic E-state index is 12.5. The van der Waals surface area contributed by atoms with Crippen molar-refractivity contribution in [3.63, 3.8) is 0 Å². The molecule has 1 heterocycles. The Labute approximate surface area is 117 Å². The van der Waals surface area contributed by atoms with E-state index in [1.54, 1.807) is 24.1 Å². The van der Waals surface area contributed by atoms with Crippen molar-refractivity contribution in [2.75, 3.05) is 45.6 Å². The van der Waals surface area contributed by atoms with Crippen LogP contribution in [0.2, 0.25) is 0 Å². The third-order valence-electron chi connectivity index (χ3n) is 3.51. The molecule has 1 N–H and O–H groups in total. The summed E-state index contributed by atoms with van der Waals surface area (Å²) in [6.45, 7) is 2.91. The molecule has 7 heteroatoms. The maximum absolute atomic E-state index is 12.5. The number of carbonyl (C=O) groups is 1. The quantitative estimate of drug-likeness (QED) is 0.660. The smallest absolute Gasteiger partial charge is 0.293 e. The van der Waals surface area contributed by atoms with Crippen LogP contribution in [0.25, 0.3) is 0 Å². The first-order valence-corrected chi connectivity index (χ1v) is 6.47. The van der Waals surface area contributed by atoms with Crippen molar-refractivity contribution in [1.29, 1.82) is 0 Å². The zero-order valence-electron chi connectivity index (χ0n) is 11.6. The number of nitrogens with zero attached hydrogens (tertiary/aromatic N) is 3. The molecule has 1 aliphatic heterocycles. The summed E-state index contributed by atoms with van der Waals surface area (Å²) in [6.07, 6.45) is 0. The van der Waals surface area contributed by atoms with Crippen LogP contribution in [0.4, 0.5) is 11.4 Å². The topological polar surface area (TPSA) is 78.7 Å². The van der Waals surface area contributed by atoms with Gasteiger partial charge in [-0.3, -0.25) is 14.9 Å². The molecule has 0 radical (unpaired) electrons. The lowest BCUT2D eigenvalue weighted by atomic mass is 10.1. The Bertz CT molecular complexity index is 524. The number of nitrogens with one attached hydrogen (secondary N) is 1. The van der Waals surface area contributed by atoms with Crippen molar-refractivity contribution >= 4 is 17.3 Å². The fourth-order valence-electron chi connectivity index (χ4n) is 2.31. The second-order valence-electron chi connectivity index (χ2n) is 4.80. The Hall–Kier alpha value is -2.15. The van der Waals surface area contributed by atoms with E-state index in [9.17, 15) is 14.9 Å². The standard InChI is InChI=1S/C13H18N4O3/c1-14-12-10(4-3-5-11(12)17(19)20)13(18)16-8-6-15(2)7-9-16/h3-5,14H,6-9H2,1-2H3. The van der Waals surface area contributed by atoms with E-state index >= 15 is 0 Å². The molecule has 2 rings (SSSR count). The first kappa shape index (κ1) is 14.3. The molecular weight excluding hydrogens is 260 g/mol. The van der Waals surface area contributed by atoms with Crippen LogP contribution in [-0.2, 0) is 0 Å². The van der Waals surface area contributed by atoms with Gasteiger partial charge in [-0.05, 0) is 13.1 Å². The minimum atomic E-state index is -0.480. The minimum absolute atomic E-state index is 0.0764. The Morgan fingerprint density at radius 3 is 2.50 bits per heavy atom. The summed E-state index contributed by atoms with van der Waals surface area (Å²) in [6, 6.07) is 4.56. The molecule has 1 aromatic rings. The van der Waals surface area contributed by atoms with Crippen LogP contribution in [0.3, 0.4) is 0 Å². The summed E-state index contributed by atoms with van der Waals surface area (Å²) in [5.74, 6) is -0.161. The van der Waals surface area contributed by atoms with E-state index in [1.165, 1.54) is 6.07 Å². The maximum Gasteiger partial charge on any atom is 0.293 e. The summed E-state index contributed by atoms with van der Waals surface area (Å²) >= 11 is 0. The van der Waals surface area contributed by atoms with Crippen LogP contribution in [0.5, 0.6) is 0 Å². The van der Waals surface area contributed by atoms with Gasteiger partial charge in [0.15, 0.2) is 0 Å². The largest absolute Gasteiger partial charge is 0.382 e. The molecule has 7 nitrogen and oxygen atoms in total. The van der Waals surface area contributed by atoms with Crippen molar-refractivity contribution in [3.05, 3.63) is 33.9 Å². The number of nitro benzene ring substituents is 1. The third-order valence-corrected chi connectivity index (χ3v) is 3.51. The van der Waals surface area contributed by atoms with E-state index in [2.05, 4.69) is 10.2 Å². The van der Waals surface area contributed by atoms with Gasteiger partial charge in [0.1, 0.15) is 5.69 Å². The highest BCUT2D eigenvalue weighted by Crippen LogP contribution is 2.28. The minimum Gasteiger partial charge on any atom is -0.382 e. The number of amides is 1. The van der Waals surface area contributed by atoms with Gasteiger partial charge in [-0.25, -0.2) is 0 Å². The molecule has 1 fully saturated rings. The Morgan fingerprint density at radius 1 is 1.30 bits per heavy atom. The van der Waals surface area contributed by atoms with Gasteiger partial charge in [0.2, 0.25) is 0 Å². The van der Waals surface area contributed by atoms with Crippen LogP contribution >= 0.6 is 0 Å². The van der Waals surface area contributed by atoms with Gasteiger partial charge < -0.3 is 15.1 Å². The van der Waals surface area contributed by atoms with Crippen LogP contribution in [-0.4, -0.2) is 60.9 Å². The third kappa shape index (κ3) is 2.72. The first-order valence-electron chi connectivity index (χ1n) is 6.47. The van der Waals surface area contributed by atoms with E-state index in [1.807, 2.05) is 7.05 Å². The zero-order valence-corrected chi connectivity index (χ0v) is 11.6. The number of rotatable bonds is 3. The average Bonchev–Trinajstić information content (AvgIpc) is 2.46. The number of hydrogen-bond acceptors (Lipinski definition) is 5. The van der Waals surface area contributed by atoms with Gasteiger partial charge in [-0.2, -0.15) is 0 Å². The summed E-state index contributed by atoms with van der Waals surface area (Å²) in [4.78, 5) is 26.9. The molecule has 0 aliphatic carbocycles. The highest BCUT2D eigenvalue weighted by atomic mass is 16.6. The van der Waals surface area contributed by atoms with Crippen LogP contribution in [0.1, 0.15) is 10.4 Å². The molecule has 20 heavy (non-hydrogen) atoms.